The van der Waals surface area contributed by atoms with Crippen LogP contribution in [0.4, 0.5) is 11.8 Å². The minimum Gasteiger partial charge on any atom is -0.394 e. The lowest BCUT2D eigenvalue weighted by atomic mass is 10.1. The molecule has 1 aliphatic rings. The third-order valence-electron chi connectivity index (χ3n) is 5.87. The second kappa shape index (κ2) is 8.52. The van der Waals surface area contributed by atoms with Crippen LogP contribution in [0.1, 0.15) is 32.4 Å². The van der Waals surface area contributed by atoms with Crippen LogP contribution in [0.3, 0.4) is 0 Å². The molecule has 0 amide bonds. The van der Waals surface area contributed by atoms with Crippen LogP contribution in [-0.2, 0) is 4.74 Å². The Kier molecular flexibility index (Phi) is 6.44. The summed E-state index contributed by atoms with van der Waals surface area (Å²) in [4.78, 5) is 13.3. The standard InChI is InChI=1S/C18H32N6O4Si/c1-5-6-7-8-29(3,4)23(2)15-12-16(21-10-20-15)24(18(19)22-12)17-14(27)13(26)11(9-25)28-17/h10-11,13-14,17,25-27H,5-9H2,1-4H3,(H2,19,22). The maximum absolute atomic E-state index is 10.4. The molecule has 3 heterocycles. The van der Waals surface area contributed by atoms with Crippen molar-refractivity contribution in [2.75, 3.05) is 24.0 Å². The molecule has 5 N–H and O–H groups in total. The summed E-state index contributed by atoms with van der Waals surface area (Å²) in [7, 11) is 0.246. The molecule has 3 rings (SSSR count). The van der Waals surface area contributed by atoms with E-state index in [2.05, 4.69) is 39.5 Å². The molecule has 10 nitrogen and oxygen atoms in total. The highest BCUT2D eigenvalue weighted by Gasteiger charge is 2.45. The van der Waals surface area contributed by atoms with Crippen molar-refractivity contribution >= 4 is 31.2 Å². The van der Waals surface area contributed by atoms with Gasteiger partial charge in [-0.2, -0.15) is 0 Å². The van der Waals surface area contributed by atoms with Gasteiger partial charge in [0.1, 0.15) is 24.6 Å². The van der Waals surface area contributed by atoms with Crippen molar-refractivity contribution in [1.82, 2.24) is 19.5 Å². The topological polar surface area (TPSA) is 143 Å². The number of aromatic nitrogens is 4. The van der Waals surface area contributed by atoms with Crippen molar-refractivity contribution in [2.24, 2.45) is 0 Å². The summed E-state index contributed by atoms with van der Waals surface area (Å²) in [6, 6.07) is 1.13. The van der Waals surface area contributed by atoms with Crippen LogP contribution in [0.2, 0.25) is 19.1 Å². The number of fused-ring (bicyclic) bond motifs is 1. The van der Waals surface area contributed by atoms with Gasteiger partial charge in [-0.3, -0.25) is 4.57 Å². The van der Waals surface area contributed by atoms with E-state index in [1.165, 1.54) is 30.2 Å². The second-order valence-electron chi connectivity index (χ2n) is 8.27. The van der Waals surface area contributed by atoms with Crippen LogP contribution in [0.5, 0.6) is 0 Å². The smallest absolute Gasteiger partial charge is 0.204 e. The van der Waals surface area contributed by atoms with E-state index in [9.17, 15) is 15.3 Å². The van der Waals surface area contributed by atoms with E-state index in [-0.39, 0.29) is 5.95 Å². The Morgan fingerprint density at radius 1 is 1.24 bits per heavy atom. The number of nitrogens with zero attached hydrogens (tertiary/aromatic N) is 5. The summed E-state index contributed by atoms with van der Waals surface area (Å²) in [5.41, 5.74) is 7.10. The van der Waals surface area contributed by atoms with Gasteiger partial charge < -0.3 is 30.4 Å². The predicted octanol–water partition coefficient (Wildman–Crippen LogP) is 0.851. The summed E-state index contributed by atoms with van der Waals surface area (Å²) in [6.07, 6.45) is 0.624. The lowest BCUT2D eigenvalue weighted by molar-refractivity contribution is -0.0500. The van der Waals surface area contributed by atoms with Crippen molar-refractivity contribution < 1.29 is 20.1 Å². The predicted molar refractivity (Wildman–Crippen MR) is 113 cm³/mol. The Balaban J connectivity index is 1.98. The Hall–Kier alpha value is -1.79. The normalized spacial score (nSPS) is 25.1. The molecule has 0 aliphatic carbocycles. The van der Waals surface area contributed by atoms with Gasteiger partial charge in [0, 0.05) is 0 Å². The molecule has 11 heteroatoms. The number of nitrogens with two attached hydrogens (primary N) is 1. The maximum Gasteiger partial charge on any atom is 0.204 e. The summed E-state index contributed by atoms with van der Waals surface area (Å²) in [5, 5.41) is 29.9. The largest absolute Gasteiger partial charge is 0.394 e. The molecule has 0 aromatic carbocycles. The molecule has 162 valence electrons. The first-order valence-electron chi connectivity index (χ1n) is 10.1. The van der Waals surface area contributed by atoms with Crippen LogP contribution in [0, 0.1) is 0 Å². The van der Waals surface area contributed by atoms with Gasteiger partial charge >= 0.3 is 0 Å². The fourth-order valence-electron chi connectivity index (χ4n) is 3.77. The Bertz CT molecular complexity index is 847. The minimum absolute atomic E-state index is 0.107. The van der Waals surface area contributed by atoms with E-state index < -0.39 is 39.4 Å². The van der Waals surface area contributed by atoms with E-state index in [4.69, 9.17) is 10.5 Å². The molecule has 29 heavy (non-hydrogen) atoms. The third kappa shape index (κ3) is 3.97. The lowest BCUT2D eigenvalue weighted by Gasteiger charge is -2.34. The van der Waals surface area contributed by atoms with Gasteiger partial charge in [0.15, 0.2) is 31.4 Å². The summed E-state index contributed by atoms with van der Waals surface area (Å²) >= 11 is 0. The van der Waals surface area contributed by atoms with Crippen molar-refractivity contribution in [3.8, 4) is 0 Å². The van der Waals surface area contributed by atoms with Crippen LogP contribution < -0.4 is 10.3 Å². The maximum atomic E-state index is 10.4. The number of imidazole rings is 1. The molecule has 1 saturated heterocycles. The van der Waals surface area contributed by atoms with E-state index in [1.807, 2.05) is 7.05 Å². The highest BCUT2D eigenvalue weighted by molar-refractivity contribution is 6.81. The Morgan fingerprint density at radius 2 is 1.97 bits per heavy atom. The summed E-state index contributed by atoms with van der Waals surface area (Å²) in [6.45, 7) is 6.37. The lowest BCUT2D eigenvalue weighted by Crippen LogP contribution is -2.46. The highest BCUT2D eigenvalue weighted by atomic mass is 28.3. The average Bonchev–Trinajstić information content (AvgIpc) is 3.17. The van der Waals surface area contributed by atoms with Gasteiger partial charge in [0.25, 0.3) is 0 Å². The molecule has 4 atom stereocenters. The Morgan fingerprint density at radius 3 is 2.59 bits per heavy atom. The zero-order valence-corrected chi connectivity index (χ0v) is 18.5. The molecule has 0 bridgehead atoms. The molecular formula is C18H32N6O4Si. The quantitative estimate of drug-likeness (QED) is 0.358. The average molecular weight is 425 g/mol. The van der Waals surface area contributed by atoms with E-state index in [0.717, 1.165) is 6.04 Å². The molecule has 0 saturated carbocycles. The SMILES string of the molecule is CCCCC[Si](C)(C)N(C)c1ncnc2c1nc(N)n2C1OC(CO)C(O)C1O. The van der Waals surface area contributed by atoms with Crippen molar-refractivity contribution in [2.45, 2.75) is 69.9 Å². The van der Waals surface area contributed by atoms with Crippen molar-refractivity contribution in [1.29, 1.82) is 0 Å². The highest BCUT2D eigenvalue weighted by Crippen LogP contribution is 2.36. The number of anilines is 2. The zero-order valence-electron chi connectivity index (χ0n) is 17.5. The van der Waals surface area contributed by atoms with Gasteiger partial charge in [-0.15, -0.1) is 0 Å². The fraction of sp³-hybridized carbons (Fsp3) is 0.722. The molecular weight excluding hydrogens is 392 g/mol. The van der Waals surface area contributed by atoms with Crippen LogP contribution in [0.15, 0.2) is 6.33 Å². The first kappa shape index (κ1) is 21.9. The van der Waals surface area contributed by atoms with Gasteiger partial charge in [-0.25, -0.2) is 15.0 Å². The second-order valence-corrected chi connectivity index (χ2v) is 13.1. The first-order chi connectivity index (χ1) is 13.7. The molecule has 1 aliphatic heterocycles. The zero-order chi connectivity index (χ0) is 21.3. The van der Waals surface area contributed by atoms with Crippen LogP contribution >= 0.6 is 0 Å². The number of aliphatic hydroxyl groups excluding tert-OH is 3. The molecule has 1 fully saturated rings. The number of hydrogen-bond donors (Lipinski definition) is 4. The van der Waals surface area contributed by atoms with Crippen molar-refractivity contribution in [3.05, 3.63) is 6.33 Å². The molecule has 2 aromatic rings. The number of unbranched alkanes of at least 4 members (excludes halogenated alkanes) is 2. The molecule has 0 spiro atoms. The third-order valence-corrected chi connectivity index (χ3v) is 9.48. The first-order valence-corrected chi connectivity index (χ1v) is 13.2. The number of aliphatic hydroxyl groups is 3. The van der Waals surface area contributed by atoms with Crippen molar-refractivity contribution in [3.63, 3.8) is 0 Å². The fourth-order valence-corrected chi connectivity index (χ4v) is 5.95. The van der Waals surface area contributed by atoms with Crippen LogP contribution in [0.25, 0.3) is 11.2 Å². The number of ether oxygens (including phenoxy) is 1. The summed E-state index contributed by atoms with van der Waals surface area (Å²) in [5.74, 6) is 0.802. The monoisotopic (exact) mass is 424 g/mol. The number of nitrogen functional groups attached to an aromatic ring is 1. The molecule has 0 radical (unpaired) electrons. The van der Waals surface area contributed by atoms with Gasteiger partial charge in [0.05, 0.1) is 6.61 Å². The van der Waals surface area contributed by atoms with Gasteiger partial charge in [-0.1, -0.05) is 39.3 Å². The number of rotatable bonds is 8. The molecule has 4 unspecified atom stereocenters. The van der Waals surface area contributed by atoms with Crippen LogP contribution in [-0.4, -0.2) is 75.0 Å². The Labute approximate surface area is 171 Å². The van der Waals surface area contributed by atoms with E-state index in [0.29, 0.717) is 17.0 Å². The van der Waals surface area contributed by atoms with Gasteiger partial charge in [-0.05, 0) is 13.1 Å². The molecule has 2 aromatic heterocycles. The van der Waals surface area contributed by atoms with E-state index >= 15 is 0 Å². The summed E-state index contributed by atoms with van der Waals surface area (Å²) < 4.78 is 9.30. The minimum atomic E-state index is -1.78. The number of hydrogen-bond acceptors (Lipinski definition) is 9. The van der Waals surface area contributed by atoms with Gasteiger partial charge in [0.2, 0.25) is 5.95 Å². The van der Waals surface area contributed by atoms with E-state index in [1.54, 1.807) is 0 Å².